The van der Waals surface area contributed by atoms with Crippen LogP contribution < -0.4 is 4.90 Å². The molecule has 0 radical (unpaired) electrons. The molecule has 0 N–H and O–H groups in total. The van der Waals surface area contributed by atoms with Crippen LogP contribution >= 0.6 is 23.4 Å². The first kappa shape index (κ1) is 19.8. The number of hydrogen-bond acceptors (Lipinski definition) is 6. The van der Waals surface area contributed by atoms with Gasteiger partial charge in [-0.15, -0.1) is 0 Å². The van der Waals surface area contributed by atoms with E-state index in [1.165, 1.54) is 4.90 Å². The summed E-state index contributed by atoms with van der Waals surface area (Å²) in [5, 5.41) is 3.54. The number of hydrogen-bond donors (Lipinski definition) is 0. The molecule has 0 spiro atoms. The third kappa shape index (κ3) is 4.39. The summed E-state index contributed by atoms with van der Waals surface area (Å²) in [6.07, 6.45) is -0.912. The molecule has 0 saturated carbocycles. The zero-order valence-corrected chi connectivity index (χ0v) is 16.8. The molecule has 0 aromatic carbocycles. The molecule has 1 amide bonds. The van der Waals surface area contributed by atoms with E-state index < -0.39 is 17.4 Å². The van der Waals surface area contributed by atoms with E-state index in [-0.39, 0.29) is 16.3 Å². The highest BCUT2D eigenvalue weighted by Crippen LogP contribution is 2.35. The van der Waals surface area contributed by atoms with Gasteiger partial charge in [0, 0.05) is 22.8 Å². The Hall–Kier alpha value is -1.47. The lowest BCUT2D eigenvalue weighted by atomic mass is 9.93. The van der Waals surface area contributed by atoms with E-state index in [2.05, 4.69) is 5.16 Å². The molecule has 2 rings (SSSR count). The molecule has 8 heteroatoms. The molecule has 1 aromatic rings. The lowest BCUT2D eigenvalue weighted by Gasteiger charge is -2.23. The Morgan fingerprint density at radius 2 is 2.12 bits per heavy atom. The first-order valence-corrected chi connectivity index (χ1v) is 9.39. The Morgan fingerprint density at radius 3 is 2.64 bits per heavy atom. The van der Waals surface area contributed by atoms with Gasteiger partial charge in [0.25, 0.3) is 5.91 Å². The third-order valence-electron chi connectivity index (χ3n) is 3.58. The number of carbonyl (C=O) groups excluding carboxylic acids is 2. The van der Waals surface area contributed by atoms with Crippen molar-refractivity contribution in [3.8, 4) is 0 Å². The molecule has 0 saturated heterocycles. The summed E-state index contributed by atoms with van der Waals surface area (Å²) in [5.41, 5.74) is 0.213. The molecule has 1 aliphatic rings. The maximum atomic E-state index is 12.5. The minimum absolute atomic E-state index is 0.0342. The predicted molar refractivity (Wildman–Crippen MR) is 98.8 cm³/mol. The lowest BCUT2D eigenvalue weighted by Crippen LogP contribution is -2.38. The first-order chi connectivity index (χ1) is 11.5. The number of rotatable bonds is 4. The molecule has 6 nitrogen and oxygen atoms in total. The third-order valence-corrected chi connectivity index (χ3v) is 5.21. The van der Waals surface area contributed by atoms with Crippen LogP contribution in [-0.2, 0) is 14.9 Å². The summed E-state index contributed by atoms with van der Waals surface area (Å²) in [6, 6.07) is 1.67. The molecular weight excluding hydrogens is 364 g/mol. The molecule has 1 aromatic heterocycles. The van der Waals surface area contributed by atoms with Gasteiger partial charge in [0.05, 0.1) is 0 Å². The van der Waals surface area contributed by atoms with Crippen molar-refractivity contribution in [1.29, 1.82) is 0 Å². The standard InChI is InChI=1S/C17H23ClN2O4S/c1-9(2)8-25-16(22)23-15-10(3)13(18)14(21)20(15)12-7-11(24-19-12)17(4,5)6/h7,9,15H,8H2,1-6H3. The van der Waals surface area contributed by atoms with E-state index in [0.29, 0.717) is 23.0 Å². The van der Waals surface area contributed by atoms with Gasteiger partial charge >= 0.3 is 5.30 Å². The van der Waals surface area contributed by atoms with E-state index in [9.17, 15) is 9.59 Å². The van der Waals surface area contributed by atoms with Crippen molar-refractivity contribution >= 4 is 40.4 Å². The van der Waals surface area contributed by atoms with Crippen molar-refractivity contribution < 1.29 is 18.8 Å². The number of amides is 1. The number of ether oxygens (including phenoxy) is 1. The van der Waals surface area contributed by atoms with Gasteiger partial charge in [-0.25, -0.2) is 9.69 Å². The van der Waals surface area contributed by atoms with Crippen LogP contribution in [0.1, 0.15) is 47.3 Å². The van der Waals surface area contributed by atoms with Crippen molar-refractivity contribution in [2.75, 3.05) is 10.7 Å². The van der Waals surface area contributed by atoms with Crippen molar-refractivity contribution in [2.45, 2.75) is 53.2 Å². The summed E-state index contributed by atoms with van der Waals surface area (Å²) >= 11 is 7.17. The van der Waals surface area contributed by atoms with Gasteiger partial charge in [-0.3, -0.25) is 4.79 Å². The highest BCUT2D eigenvalue weighted by Gasteiger charge is 2.42. The smallest absolute Gasteiger partial charge is 0.369 e. The second-order valence-corrected chi connectivity index (χ2v) is 8.73. The first-order valence-electron chi connectivity index (χ1n) is 8.02. The maximum absolute atomic E-state index is 12.5. The quantitative estimate of drug-likeness (QED) is 0.699. The molecule has 25 heavy (non-hydrogen) atoms. The second kappa shape index (κ2) is 7.41. The molecule has 2 heterocycles. The van der Waals surface area contributed by atoms with Crippen LogP contribution in [0, 0.1) is 5.92 Å². The summed E-state index contributed by atoms with van der Waals surface area (Å²) in [6.45, 7) is 11.6. The van der Waals surface area contributed by atoms with Gasteiger partial charge in [-0.05, 0) is 24.6 Å². The maximum Gasteiger partial charge on any atom is 0.369 e. The molecule has 0 aliphatic carbocycles. The van der Waals surface area contributed by atoms with Gasteiger partial charge < -0.3 is 9.26 Å². The molecule has 1 unspecified atom stereocenters. The molecule has 1 aliphatic heterocycles. The fraction of sp³-hybridized carbons (Fsp3) is 0.588. The number of carbonyl (C=O) groups is 2. The zero-order valence-electron chi connectivity index (χ0n) is 15.3. The number of anilines is 1. The monoisotopic (exact) mass is 386 g/mol. The van der Waals surface area contributed by atoms with E-state index in [1.54, 1.807) is 13.0 Å². The fourth-order valence-corrected chi connectivity index (χ4v) is 2.95. The minimum Gasteiger partial charge on any atom is -0.429 e. The Labute approximate surface area is 156 Å². The number of aromatic nitrogens is 1. The van der Waals surface area contributed by atoms with Gasteiger partial charge in [0.15, 0.2) is 5.82 Å². The molecular formula is C17H23ClN2O4S. The lowest BCUT2D eigenvalue weighted by molar-refractivity contribution is -0.115. The van der Waals surface area contributed by atoms with Crippen LogP contribution in [0.5, 0.6) is 0 Å². The molecule has 1 atom stereocenters. The highest BCUT2D eigenvalue weighted by atomic mass is 35.5. The van der Waals surface area contributed by atoms with Crippen LogP contribution in [-0.4, -0.2) is 28.3 Å². The Bertz CT molecular complexity index is 706. The summed E-state index contributed by atoms with van der Waals surface area (Å²) in [5.74, 6) is 1.42. The van der Waals surface area contributed by atoms with E-state index in [0.717, 1.165) is 11.8 Å². The number of thioether (sulfide) groups is 1. The molecule has 0 bridgehead atoms. The predicted octanol–water partition coefficient (Wildman–Crippen LogP) is 4.68. The second-order valence-electron chi connectivity index (χ2n) is 7.40. The van der Waals surface area contributed by atoms with Crippen molar-refractivity contribution in [2.24, 2.45) is 5.92 Å². The normalized spacial score (nSPS) is 18.5. The minimum atomic E-state index is -0.912. The van der Waals surface area contributed by atoms with Gasteiger partial charge in [0.1, 0.15) is 10.8 Å². The molecule has 0 fully saturated rings. The fourth-order valence-electron chi connectivity index (χ4n) is 2.14. The van der Waals surface area contributed by atoms with Crippen LogP contribution in [0.4, 0.5) is 10.6 Å². The summed E-state index contributed by atoms with van der Waals surface area (Å²) in [7, 11) is 0. The van der Waals surface area contributed by atoms with Gasteiger partial charge in [-0.2, -0.15) is 0 Å². The van der Waals surface area contributed by atoms with Gasteiger partial charge in [-0.1, -0.05) is 51.4 Å². The average Bonchev–Trinajstić information content (AvgIpc) is 3.06. The van der Waals surface area contributed by atoms with Gasteiger partial charge in [0.2, 0.25) is 6.23 Å². The van der Waals surface area contributed by atoms with E-state index >= 15 is 0 Å². The highest BCUT2D eigenvalue weighted by molar-refractivity contribution is 8.13. The van der Waals surface area contributed by atoms with Crippen molar-refractivity contribution in [3.05, 3.63) is 22.4 Å². The van der Waals surface area contributed by atoms with E-state index in [4.69, 9.17) is 20.9 Å². The Kier molecular flexibility index (Phi) is 5.89. The Morgan fingerprint density at radius 1 is 1.48 bits per heavy atom. The van der Waals surface area contributed by atoms with Crippen molar-refractivity contribution in [1.82, 2.24) is 5.16 Å². The Balaban J connectivity index is 2.24. The van der Waals surface area contributed by atoms with Crippen LogP contribution in [0.2, 0.25) is 0 Å². The number of nitrogens with zero attached hydrogens (tertiary/aromatic N) is 2. The number of halogens is 1. The van der Waals surface area contributed by atoms with E-state index in [1.807, 2.05) is 34.6 Å². The summed E-state index contributed by atoms with van der Waals surface area (Å²) in [4.78, 5) is 25.8. The topological polar surface area (TPSA) is 72.6 Å². The average molecular weight is 387 g/mol. The molecule has 138 valence electrons. The van der Waals surface area contributed by atoms with Crippen LogP contribution in [0.25, 0.3) is 0 Å². The summed E-state index contributed by atoms with van der Waals surface area (Å²) < 4.78 is 10.8. The van der Waals surface area contributed by atoms with Crippen LogP contribution in [0.15, 0.2) is 21.2 Å². The SMILES string of the molecule is CC1=C(Cl)C(=O)N(c2cc(C(C)(C)C)on2)C1OC(=O)SCC(C)C. The van der Waals surface area contributed by atoms with Crippen LogP contribution in [0.3, 0.4) is 0 Å². The van der Waals surface area contributed by atoms with Crippen molar-refractivity contribution in [3.63, 3.8) is 0 Å². The largest absolute Gasteiger partial charge is 0.429 e. The zero-order chi connectivity index (χ0) is 18.9.